The third-order valence-electron chi connectivity index (χ3n) is 3.51. The summed E-state index contributed by atoms with van der Waals surface area (Å²) >= 11 is 0. The average molecular weight is 228 g/mol. The molecule has 4 heteroatoms. The van der Waals surface area contributed by atoms with Gasteiger partial charge in [0.1, 0.15) is 0 Å². The van der Waals surface area contributed by atoms with Crippen molar-refractivity contribution in [3.63, 3.8) is 0 Å². The minimum Gasteiger partial charge on any atom is -0.465 e. The highest BCUT2D eigenvalue weighted by Gasteiger charge is 2.40. The molecule has 0 spiro atoms. The van der Waals surface area contributed by atoms with Crippen LogP contribution in [0.1, 0.15) is 46.0 Å². The molecule has 0 saturated carbocycles. The SMILES string of the molecule is CC1(C)CC(CCCCCN)CN1C(=O)O. The molecule has 16 heavy (non-hydrogen) atoms. The normalized spacial score (nSPS) is 23.7. The smallest absolute Gasteiger partial charge is 0.407 e. The van der Waals surface area contributed by atoms with Gasteiger partial charge in [-0.15, -0.1) is 0 Å². The van der Waals surface area contributed by atoms with Gasteiger partial charge in [0.25, 0.3) is 0 Å². The molecular weight excluding hydrogens is 204 g/mol. The quantitative estimate of drug-likeness (QED) is 0.709. The molecule has 0 aromatic heterocycles. The Balaban J connectivity index is 2.34. The second kappa shape index (κ2) is 5.53. The zero-order chi connectivity index (χ0) is 12.2. The molecule has 1 amide bonds. The van der Waals surface area contributed by atoms with Crippen LogP contribution >= 0.6 is 0 Å². The van der Waals surface area contributed by atoms with Crippen LogP contribution in [0.5, 0.6) is 0 Å². The van der Waals surface area contributed by atoms with Crippen LogP contribution in [-0.4, -0.2) is 34.7 Å². The van der Waals surface area contributed by atoms with Crippen LogP contribution in [0, 0.1) is 5.92 Å². The predicted molar refractivity (Wildman–Crippen MR) is 64.4 cm³/mol. The van der Waals surface area contributed by atoms with Crippen molar-refractivity contribution in [2.45, 2.75) is 51.5 Å². The van der Waals surface area contributed by atoms with Gasteiger partial charge in [-0.05, 0) is 45.6 Å². The van der Waals surface area contributed by atoms with Crippen LogP contribution in [-0.2, 0) is 0 Å². The average Bonchev–Trinajstić information content (AvgIpc) is 2.48. The van der Waals surface area contributed by atoms with Gasteiger partial charge in [0, 0.05) is 12.1 Å². The number of carboxylic acid groups (broad SMARTS) is 1. The summed E-state index contributed by atoms with van der Waals surface area (Å²) in [5.41, 5.74) is 5.25. The lowest BCUT2D eigenvalue weighted by molar-refractivity contribution is 0.117. The number of hydrogen-bond acceptors (Lipinski definition) is 2. The number of nitrogens with zero attached hydrogens (tertiary/aromatic N) is 1. The van der Waals surface area contributed by atoms with E-state index in [0.29, 0.717) is 12.5 Å². The third-order valence-corrected chi connectivity index (χ3v) is 3.51. The summed E-state index contributed by atoms with van der Waals surface area (Å²) in [6, 6.07) is 0. The van der Waals surface area contributed by atoms with Crippen LogP contribution in [0.15, 0.2) is 0 Å². The largest absolute Gasteiger partial charge is 0.465 e. The molecule has 0 aromatic carbocycles. The first-order chi connectivity index (χ1) is 7.47. The number of rotatable bonds is 5. The summed E-state index contributed by atoms with van der Waals surface area (Å²) < 4.78 is 0. The van der Waals surface area contributed by atoms with Crippen molar-refractivity contribution >= 4 is 6.09 Å². The molecule has 1 unspecified atom stereocenters. The van der Waals surface area contributed by atoms with E-state index in [1.165, 1.54) is 12.8 Å². The second-order valence-corrected chi connectivity index (χ2v) is 5.41. The van der Waals surface area contributed by atoms with Gasteiger partial charge in [-0.1, -0.05) is 12.8 Å². The van der Waals surface area contributed by atoms with Crippen LogP contribution in [0.2, 0.25) is 0 Å². The molecule has 1 rings (SSSR count). The Hall–Kier alpha value is -0.770. The van der Waals surface area contributed by atoms with Gasteiger partial charge in [0.15, 0.2) is 0 Å². The lowest BCUT2D eigenvalue weighted by Crippen LogP contribution is -2.41. The van der Waals surface area contributed by atoms with E-state index in [1.54, 1.807) is 4.90 Å². The number of hydrogen-bond donors (Lipinski definition) is 2. The Bertz CT molecular complexity index is 241. The lowest BCUT2D eigenvalue weighted by atomic mass is 9.93. The Morgan fingerprint density at radius 3 is 2.62 bits per heavy atom. The molecule has 0 bridgehead atoms. The molecule has 4 nitrogen and oxygen atoms in total. The summed E-state index contributed by atoms with van der Waals surface area (Å²) in [6.07, 6.45) is 4.76. The molecule has 3 N–H and O–H groups in total. The van der Waals surface area contributed by atoms with E-state index in [4.69, 9.17) is 10.8 Å². The van der Waals surface area contributed by atoms with Crippen molar-refractivity contribution in [1.82, 2.24) is 4.90 Å². The van der Waals surface area contributed by atoms with Gasteiger partial charge >= 0.3 is 6.09 Å². The first-order valence-corrected chi connectivity index (χ1v) is 6.18. The summed E-state index contributed by atoms with van der Waals surface area (Å²) in [7, 11) is 0. The van der Waals surface area contributed by atoms with Gasteiger partial charge < -0.3 is 15.7 Å². The second-order valence-electron chi connectivity index (χ2n) is 5.41. The Kier molecular flexibility index (Phi) is 4.59. The molecule has 0 aromatic rings. The van der Waals surface area contributed by atoms with Gasteiger partial charge in [-0.25, -0.2) is 4.79 Å². The van der Waals surface area contributed by atoms with E-state index in [0.717, 1.165) is 25.8 Å². The number of amides is 1. The maximum absolute atomic E-state index is 11.0. The Labute approximate surface area is 97.8 Å². The van der Waals surface area contributed by atoms with Gasteiger partial charge in [-0.2, -0.15) is 0 Å². The van der Waals surface area contributed by atoms with Crippen LogP contribution in [0.25, 0.3) is 0 Å². The monoisotopic (exact) mass is 228 g/mol. The Morgan fingerprint density at radius 1 is 1.44 bits per heavy atom. The summed E-state index contributed by atoms with van der Waals surface area (Å²) in [5, 5.41) is 9.09. The first kappa shape index (κ1) is 13.3. The van der Waals surface area contributed by atoms with E-state index in [1.807, 2.05) is 13.8 Å². The minimum absolute atomic E-state index is 0.190. The minimum atomic E-state index is -0.783. The third kappa shape index (κ3) is 3.37. The van der Waals surface area contributed by atoms with Gasteiger partial charge in [-0.3, -0.25) is 0 Å². The predicted octanol–water partition coefficient (Wildman–Crippen LogP) is 2.28. The highest BCUT2D eigenvalue weighted by molar-refractivity contribution is 5.66. The van der Waals surface area contributed by atoms with Crippen molar-refractivity contribution in [2.24, 2.45) is 11.7 Å². The number of likely N-dealkylation sites (tertiary alicyclic amines) is 1. The maximum Gasteiger partial charge on any atom is 0.407 e. The van der Waals surface area contributed by atoms with Crippen LogP contribution in [0.4, 0.5) is 4.79 Å². The topological polar surface area (TPSA) is 66.6 Å². The molecule has 1 atom stereocenters. The van der Waals surface area contributed by atoms with E-state index >= 15 is 0 Å². The van der Waals surface area contributed by atoms with Crippen molar-refractivity contribution < 1.29 is 9.90 Å². The lowest BCUT2D eigenvalue weighted by Gasteiger charge is -2.28. The van der Waals surface area contributed by atoms with E-state index in [-0.39, 0.29) is 5.54 Å². The van der Waals surface area contributed by atoms with E-state index in [9.17, 15) is 4.79 Å². The zero-order valence-electron chi connectivity index (χ0n) is 10.4. The molecule has 1 aliphatic rings. The Morgan fingerprint density at radius 2 is 2.12 bits per heavy atom. The van der Waals surface area contributed by atoms with E-state index in [2.05, 4.69) is 0 Å². The van der Waals surface area contributed by atoms with Gasteiger partial charge in [0.2, 0.25) is 0 Å². The molecule has 0 aliphatic carbocycles. The standard InChI is InChI=1S/C12H24N2O2/c1-12(2)8-10(6-4-3-5-7-13)9-14(12)11(15)16/h10H,3-9,13H2,1-2H3,(H,15,16). The number of carbonyl (C=O) groups is 1. The molecule has 1 heterocycles. The van der Waals surface area contributed by atoms with Crippen molar-refractivity contribution in [2.75, 3.05) is 13.1 Å². The van der Waals surface area contributed by atoms with Crippen molar-refractivity contribution in [1.29, 1.82) is 0 Å². The fourth-order valence-corrected chi connectivity index (χ4v) is 2.67. The summed E-state index contributed by atoms with van der Waals surface area (Å²) in [5.74, 6) is 0.531. The maximum atomic E-state index is 11.0. The fourth-order valence-electron chi connectivity index (χ4n) is 2.67. The number of unbranched alkanes of at least 4 members (excludes halogenated alkanes) is 2. The molecular formula is C12H24N2O2. The highest BCUT2D eigenvalue weighted by Crippen LogP contribution is 2.35. The molecule has 94 valence electrons. The van der Waals surface area contributed by atoms with Crippen molar-refractivity contribution in [3.8, 4) is 0 Å². The summed E-state index contributed by atoms with van der Waals surface area (Å²) in [6.45, 7) is 5.49. The first-order valence-electron chi connectivity index (χ1n) is 6.18. The zero-order valence-corrected chi connectivity index (χ0v) is 10.4. The van der Waals surface area contributed by atoms with E-state index < -0.39 is 6.09 Å². The summed E-state index contributed by atoms with van der Waals surface area (Å²) in [4.78, 5) is 12.6. The number of nitrogens with two attached hydrogens (primary N) is 1. The van der Waals surface area contributed by atoms with Crippen LogP contribution < -0.4 is 5.73 Å². The molecule has 1 fully saturated rings. The van der Waals surface area contributed by atoms with Crippen molar-refractivity contribution in [3.05, 3.63) is 0 Å². The molecule has 0 radical (unpaired) electrons. The molecule has 1 saturated heterocycles. The van der Waals surface area contributed by atoms with Gasteiger partial charge in [0.05, 0.1) is 0 Å². The fraction of sp³-hybridized carbons (Fsp3) is 0.917. The highest BCUT2D eigenvalue weighted by atomic mass is 16.4. The molecule has 1 aliphatic heterocycles. The van der Waals surface area contributed by atoms with Crippen LogP contribution in [0.3, 0.4) is 0 Å².